The Labute approximate surface area is 98.7 Å². The van der Waals surface area contributed by atoms with E-state index in [1.165, 1.54) is 10.8 Å². The molecule has 1 N–H and O–H groups in total. The van der Waals surface area contributed by atoms with Crippen LogP contribution in [0.3, 0.4) is 0 Å². The maximum Gasteiger partial charge on any atom is 0.208 e. The molecule has 0 radical (unpaired) electrons. The van der Waals surface area contributed by atoms with Gasteiger partial charge < -0.3 is 9.88 Å². The first kappa shape index (κ1) is 9.90. The molecule has 0 atom stereocenters. The molecule has 0 saturated carbocycles. The minimum atomic E-state index is 0.498. The summed E-state index contributed by atoms with van der Waals surface area (Å²) < 4.78 is 2.11. The second-order valence-electron chi connectivity index (χ2n) is 3.94. The van der Waals surface area contributed by atoms with Gasteiger partial charge in [0, 0.05) is 10.8 Å². The van der Waals surface area contributed by atoms with Gasteiger partial charge in [0.25, 0.3) is 0 Å². The number of rotatable bonds is 3. The van der Waals surface area contributed by atoms with Crippen LogP contribution in [0.1, 0.15) is 0 Å². The Morgan fingerprint density at radius 3 is 2.00 bits per heavy atom. The van der Waals surface area contributed by atoms with E-state index in [4.69, 9.17) is 0 Å². The van der Waals surface area contributed by atoms with E-state index in [0.29, 0.717) is 6.67 Å². The molecule has 3 aromatic rings. The van der Waals surface area contributed by atoms with Crippen LogP contribution in [0.5, 0.6) is 0 Å². The van der Waals surface area contributed by atoms with Crippen molar-refractivity contribution in [3.63, 3.8) is 0 Å². The lowest BCUT2D eigenvalue weighted by molar-refractivity contribution is -0.109. The first-order chi connectivity index (χ1) is 8.42. The Morgan fingerprint density at radius 1 is 0.941 bits per heavy atom. The number of para-hydroxylation sites is 2. The van der Waals surface area contributed by atoms with Crippen molar-refractivity contribution in [2.24, 2.45) is 0 Å². The van der Waals surface area contributed by atoms with E-state index in [9.17, 15) is 4.79 Å². The summed E-state index contributed by atoms with van der Waals surface area (Å²) in [6, 6.07) is 16.4. The van der Waals surface area contributed by atoms with Crippen LogP contribution in [0.2, 0.25) is 0 Å². The van der Waals surface area contributed by atoms with Gasteiger partial charge in [-0.1, -0.05) is 36.4 Å². The lowest BCUT2D eigenvalue weighted by atomic mass is 10.2. The lowest BCUT2D eigenvalue weighted by Gasteiger charge is -2.05. The summed E-state index contributed by atoms with van der Waals surface area (Å²) in [5.41, 5.74) is 2.28. The molecule has 3 nitrogen and oxygen atoms in total. The van der Waals surface area contributed by atoms with E-state index in [0.717, 1.165) is 17.4 Å². The highest BCUT2D eigenvalue weighted by Gasteiger charge is 2.08. The molecule has 3 rings (SSSR count). The van der Waals surface area contributed by atoms with Crippen molar-refractivity contribution in [1.82, 2.24) is 9.88 Å². The Hall–Kier alpha value is -2.29. The van der Waals surface area contributed by atoms with Crippen molar-refractivity contribution < 1.29 is 4.79 Å². The predicted molar refractivity (Wildman–Crippen MR) is 68.6 cm³/mol. The van der Waals surface area contributed by atoms with E-state index >= 15 is 0 Å². The molecular weight excluding hydrogens is 212 g/mol. The van der Waals surface area contributed by atoms with Crippen LogP contribution in [0.15, 0.2) is 48.5 Å². The summed E-state index contributed by atoms with van der Waals surface area (Å²) in [6.07, 6.45) is 0.726. The number of hydrogen-bond donors (Lipinski definition) is 1. The molecule has 1 heterocycles. The Kier molecular flexibility index (Phi) is 2.29. The van der Waals surface area contributed by atoms with Gasteiger partial charge in [0.05, 0.1) is 17.7 Å². The maximum atomic E-state index is 10.4. The van der Waals surface area contributed by atoms with Crippen molar-refractivity contribution >= 4 is 28.2 Å². The van der Waals surface area contributed by atoms with E-state index in [1.807, 2.05) is 24.3 Å². The van der Waals surface area contributed by atoms with E-state index in [1.54, 1.807) is 0 Å². The Morgan fingerprint density at radius 2 is 1.47 bits per heavy atom. The van der Waals surface area contributed by atoms with Gasteiger partial charge in [-0.05, 0) is 12.1 Å². The van der Waals surface area contributed by atoms with Crippen LogP contribution in [0.25, 0.3) is 21.8 Å². The summed E-state index contributed by atoms with van der Waals surface area (Å²) >= 11 is 0. The van der Waals surface area contributed by atoms with E-state index in [-0.39, 0.29) is 0 Å². The quantitative estimate of drug-likeness (QED) is 0.681. The van der Waals surface area contributed by atoms with Crippen molar-refractivity contribution in [2.75, 3.05) is 0 Å². The van der Waals surface area contributed by atoms with Gasteiger partial charge in [0.15, 0.2) is 0 Å². The molecule has 0 bridgehead atoms. The number of hydrogen-bond acceptors (Lipinski definition) is 1. The van der Waals surface area contributed by atoms with Crippen LogP contribution in [0.4, 0.5) is 0 Å². The molecule has 0 unspecified atom stereocenters. The van der Waals surface area contributed by atoms with Crippen molar-refractivity contribution in [3.8, 4) is 0 Å². The van der Waals surface area contributed by atoms with Gasteiger partial charge in [-0.2, -0.15) is 0 Å². The van der Waals surface area contributed by atoms with Gasteiger partial charge >= 0.3 is 0 Å². The highest BCUT2D eigenvalue weighted by molar-refractivity contribution is 6.07. The monoisotopic (exact) mass is 224 g/mol. The normalized spacial score (nSPS) is 10.8. The summed E-state index contributed by atoms with van der Waals surface area (Å²) in [6.45, 7) is 0.498. The first-order valence-electron chi connectivity index (χ1n) is 5.55. The smallest absolute Gasteiger partial charge is 0.208 e. The fraction of sp³-hybridized carbons (Fsp3) is 0.0714. The number of benzene rings is 2. The minimum absolute atomic E-state index is 0.498. The third-order valence-electron chi connectivity index (χ3n) is 3.01. The van der Waals surface area contributed by atoms with Crippen molar-refractivity contribution in [3.05, 3.63) is 48.5 Å². The lowest BCUT2D eigenvalue weighted by Crippen LogP contribution is -2.15. The zero-order chi connectivity index (χ0) is 11.7. The average molecular weight is 224 g/mol. The molecule has 0 aliphatic heterocycles. The largest absolute Gasteiger partial charge is 0.341 e. The number of aromatic nitrogens is 1. The molecule has 84 valence electrons. The first-order valence-corrected chi connectivity index (χ1v) is 5.55. The predicted octanol–water partition coefficient (Wildman–Crippen LogP) is 2.50. The Bertz CT molecular complexity index is 632. The highest BCUT2D eigenvalue weighted by Crippen LogP contribution is 2.27. The standard InChI is InChI=1S/C14H12N2O/c17-10-15-9-16-13-7-3-1-5-11(13)12-6-2-4-8-14(12)16/h1-8,10H,9H2,(H,15,17). The summed E-state index contributed by atoms with van der Waals surface area (Å²) in [5.74, 6) is 0. The minimum Gasteiger partial charge on any atom is -0.341 e. The molecule has 3 heteroatoms. The summed E-state index contributed by atoms with van der Waals surface area (Å²) in [5, 5.41) is 5.15. The molecular formula is C14H12N2O. The van der Waals surface area contributed by atoms with E-state index < -0.39 is 0 Å². The molecule has 2 aromatic carbocycles. The topological polar surface area (TPSA) is 34.0 Å². The maximum absolute atomic E-state index is 10.4. The van der Waals surface area contributed by atoms with Crippen LogP contribution in [0, 0.1) is 0 Å². The van der Waals surface area contributed by atoms with Crippen molar-refractivity contribution in [1.29, 1.82) is 0 Å². The number of nitrogens with one attached hydrogen (secondary N) is 1. The van der Waals surface area contributed by atoms with Crippen LogP contribution in [-0.2, 0) is 11.5 Å². The molecule has 0 aliphatic rings. The molecule has 1 amide bonds. The number of fused-ring (bicyclic) bond motifs is 3. The molecule has 0 fully saturated rings. The zero-order valence-corrected chi connectivity index (χ0v) is 9.26. The van der Waals surface area contributed by atoms with Crippen LogP contribution < -0.4 is 5.32 Å². The third-order valence-corrected chi connectivity index (χ3v) is 3.01. The van der Waals surface area contributed by atoms with Gasteiger partial charge in [-0.3, -0.25) is 4.79 Å². The number of amides is 1. The van der Waals surface area contributed by atoms with Gasteiger partial charge in [-0.25, -0.2) is 0 Å². The zero-order valence-electron chi connectivity index (χ0n) is 9.26. The fourth-order valence-corrected chi connectivity index (χ4v) is 2.30. The van der Waals surface area contributed by atoms with Gasteiger partial charge in [0.2, 0.25) is 6.41 Å². The highest BCUT2D eigenvalue weighted by atomic mass is 16.1. The van der Waals surface area contributed by atoms with Crippen molar-refractivity contribution in [2.45, 2.75) is 6.67 Å². The van der Waals surface area contributed by atoms with E-state index in [2.05, 4.69) is 34.1 Å². The summed E-state index contributed by atoms with van der Waals surface area (Å²) in [7, 11) is 0. The second kappa shape index (κ2) is 3.94. The summed E-state index contributed by atoms with van der Waals surface area (Å²) in [4.78, 5) is 10.4. The fourth-order valence-electron chi connectivity index (χ4n) is 2.30. The third kappa shape index (κ3) is 1.47. The number of carbonyl (C=O) groups excluding carboxylic acids is 1. The van der Waals surface area contributed by atoms with Gasteiger partial charge in [-0.15, -0.1) is 0 Å². The molecule has 0 spiro atoms. The Balaban J connectivity index is 2.37. The van der Waals surface area contributed by atoms with Gasteiger partial charge in [0.1, 0.15) is 0 Å². The van der Waals surface area contributed by atoms with Crippen LogP contribution in [-0.4, -0.2) is 11.0 Å². The average Bonchev–Trinajstić information content (AvgIpc) is 2.71. The molecule has 1 aromatic heterocycles. The number of carbonyl (C=O) groups is 1. The molecule has 17 heavy (non-hydrogen) atoms. The molecule has 0 aliphatic carbocycles. The van der Waals surface area contributed by atoms with Crippen LogP contribution >= 0.6 is 0 Å². The number of nitrogens with zero attached hydrogens (tertiary/aromatic N) is 1. The second-order valence-corrected chi connectivity index (χ2v) is 3.94. The SMILES string of the molecule is O=CNCn1c2ccccc2c2ccccc21. The molecule has 0 saturated heterocycles.